The third-order valence-electron chi connectivity index (χ3n) is 3.41. The molecule has 1 aliphatic rings. The van der Waals surface area contributed by atoms with Crippen molar-refractivity contribution in [2.75, 3.05) is 6.54 Å². The monoisotopic (exact) mass is 280 g/mol. The number of nitrogens with zero attached hydrogens (tertiary/aromatic N) is 1. The fraction of sp³-hybridized carbons (Fsp3) is 0.429. The van der Waals surface area contributed by atoms with E-state index in [1.54, 1.807) is 18.7 Å². The van der Waals surface area contributed by atoms with Gasteiger partial charge in [0.25, 0.3) is 0 Å². The fourth-order valence-corrected chi connectivity index (χ4v) is 2.31. The Hall–Kier alpha value is -1.55. The van der Waals surface area contributed by atoms with E-state index in [-0.39, 0.29) is 11.8 Å². The summed E-state index contributed by atoms with van der Waals surface area (Å²) in [6.45, 7) is 4.00. The smallest absolute Gasteiger partial charge is 0.245 e. The summed E-state index contributed by atoms with van der Waals surface area (Å²) in [7, 11) is 0. The van der Waals surface area contributed by atoms with Crippen molar-refractivity contribution in [3.05, 3.63) is 34.9 Å². The summed E-state index contributed by atoms with van der Waals surface area (Å²) in [6.07, 6.45) is 0.716. The minimum absolute atomic E-state index is 0.0268. The summed E-state index contributed by atoms with van der Waals surface area (Å²) in [5.41, 5.74) is 1.10. The number of nitrogens with one attached hydrogen (secondary N) is 1. The van der Waals surface area contributed by atoms with Crippen molar-refractivity contribution < 1.29 is 9.59 Å². The van der Waals surface area contributed by atoms with Crippen LogP contribution in [0.1, 0.15) is 19.4 Å². The SMILES string of the molecule is CC1NC(=O)C(C)N(CCc2ccc(Cl)cc2)C1=O. The number of hydrogen-bond donors (Lipinski definition) is 1. The maximum absolute atomic E-state index is 12.0. The number of hydrogen-bond acceptors (Lipinski definition) is 2. The van der Waals surface area contributed by atoms with E-state index in [0.717, 1.165) is 5.56 Å². The molecule has 19 heavy (non-hydrogen) atoms. The summed E-state index contributed by atoms with van der Waals surface area (Å²) in [5.74, 6) is -0.121. The number of carbonyl (C=O) groups is 2. The van der Waals surface area contributed by atoms with E-state index in [1.807, 2.05) is 24.3 Å². The van der Waals surface area contributed by atoms with E-state index in [1.165, 1.54) is 0 Å². The highest BCUT2D eigenvalue weighted by Gasteiger charge is 2.35. The lowest BCUT2D eigenvalue weighted by atomic mass is 10.1. The van der Waals surface area contributed by atoms with Gasteiger partial charge in [-0.3, -0.25) is 9.59 Å². The predicted octanol–water partition coefficient (Wildman–Crippen LogP) is 1.62. The minimum Gasteiger partial charge on any atom is -0.343 e. The van der Waals surface area contributed by atoms with Crippen LogP contribution in [0, 0.1) is 0 Å². The van der Waals surface area contributed by atoms with Crippen molar-refractivity contribution in [2.24, 2.45) is 0 Å². The van der Waals surface area contributed by atoms with Crippen LogP contribution >= 0.6 is 11.6 Å². The first kappa shape index (κ1) is 13.9. The molecule has 1 fully saturated rings. The highest BCUT2D eigenvalue weighted by atomic mass is 35.5. The molecule has 102 valence electrons. The molecule has 0 bridgehead atoms. The van der Waals surface area contributed by atoms with E-state index in [9.17, 15) is 9.59 Å². The Kier molecular flexibility index (Phi) is 4.10. The number of benzene rings is 1. The van der Waals surface area contributed by atoms with Crippen LogP contribution in [0.5, 0.6) is 0 Å². The number of halogens is 1. The maximum Gasteiger partial charge on any atom is 0.245 e. The average Bonchev–Trinajstić information content (AvgIpc) is 2.38. The standard InChI is InChI=1S/C14H17ClN2O2/c1-9-14(19)17(10(2)13(18)16-9)8-7-11-3-5-12(15)6-4-11/h3-6,9-10H,7-8H2,1-2H3,(H,16,18). The second kappa shape index (κ2) is 5.61. The number of piperazine rings is 1. The molecular formula is C14H17ClN2O2. The van der Waals surface area contributed by atoms with E-state index in [4.69, 9.17) is 11.6 Å². The molecule has 2 unspecified atom stereocenters. The van der Waals surface area contributed by atoms with Gasteiger partial charge >= 0.3 is 0 Å². The van der Waals surface area contributed by atoms with E-state index in [0.29, 0.717) is 18.0 Å². The normalized spacial score (nSPS) is 23.4. The molecule has 1 aromatic carbocycles. The van der Waals surface area contributed by atoms with Crippen molar-refractivity contribution in [2.45, 2.75) is 32.4 Å². The van der Waals surface area contributed by atoms with Gasteiger partial charge in [0.1, 0.15) is 12.1 Å². The van der Waals surface area contributed by atoms with Crippen molar-refractivity contribution in [1.29, 1.82) is 0 Å². The molecular weight excluding hydrogens is 264 g/mol. The zero-order valence-corrected chi connectivity index (χ0v) is 11.8. The molecule has 1 heterocycles. The van der Waals surface area contributed by atoms with Gasteiger partial charge in [-0.2, -0.15) is 0 Å². The molecule has 1 aromatic rings. The second-order valence-corrected chi connectivity index (χ2v) is 5.25. The van der Waals surface area contributed by atoms with Crippen molar-refractivity contribution in [3.63, 3.8) is 0 Å². The van der Waals surface area contributed by atoms with Crippen LogP contribution in [0.4, 0.5) is 0 Å². The first-order chi connectivity index (χ1) is 8.99. The lowest BCUT2D eigenvalue weighted by molar-refractivity contribution is -0.148. The molecule has 1 N–H and O–H groups in total. The third-order valence-corrected chi connectivity index (χ3v) is 3.67. The van der Waals surface area contributed by atoms with Crippen LogP contribution in [0.25, 0.3) is 0 Å². The van der Waals surface area contributed by atoms with E-state index >= 15 is 0 Å². The van der Waals surface area contributed by atoms with Gasteiger partial charge in [0.15, 0.2) is 0 Å². The molecule has 5 heteroatoms. The van der Waals surface area contributed by atoms with Crippen molar-refractivity contribution >= 4 is 23.4 Å². The fourth-order valence-electron chi connectivity index (χ4n) is 2.18. The second-order valence-electron chi connectivity index (χ2n) is 4.81. The lowest BCUT2D eigenvalue weighted by Crippen LogP contribution is -2.61. The van der Waals surface area contributed by atoms with Gasteiger partial charge in [-0.1, -0.05) is 23.7 Å². The summed E-state index contributed by atoms with van der Waals surface area (Å²) in [5, 5.41) is 3.36. The minimum atomic E-state index is -0.436. The van der Waals surface area contributed by atoms with Crippen LogP contribution < -0.4 is 5.32 Å². The molecule has 0 saturated carbocycles. The van der Waals surface area contributed by atoms with Gasteiger partial charge in [-0.05, 0) is 38.0 Å². The van der Waals surface area contributed by atoms with Gasteiger partial charge in [0, 0.05) is 11.6 Å². The molecule has 4 nitrogen and oxygen atoms in total. The summed E-state index contributed by atoms with van der Waals surface area (Å²) in [4.78, 5) is 25.4. The lowest BCUT2D eigenvalue weighted by Gasteiger charge is -2.36. The highest BCUT2D eigenvalue weighted by molar-refractivity contribution is 6.30. The Morgan fingerprint density at radius 3 is 2.47 bits per heavy atom. The van der Waals surface area contributed by atoms with Crippen LogP contribution in [-0.2, 0) is 16.0 Å². The molecule has 0 spiro atoms. The Morgan fingerprint density at radius 1 is 1.21 bits per heavy atom. The first-order valence-electron chi connectivity index (χ1n) is 6.34. The van der Waals surface area contributed by atoms with Gasteiger partial charge in [0.2, 0.25) is 11.8 Å². The van der Waals surface area contributed by atoms with Gasteiger partial charge in [-0.25, -0.2) is 0 Å². The highest BCUT2D eigenvalue weighted by Crippen LogP contribution is 2.13. The van der Waals surface area contributed by atoms with Crippen LogP contribution in [0.3, 0.4) is 0 Å². The predicted molar refractivity (Wildman–Crippen MR) is 73.9 cm³/mol. The third kappa shape index (κ3) is 3.07. The first-order valence-corrected chi connectivity index (χ1v) is 6.72. The Morgan fingerprint density at radius 2 is 1.84 bits per heavy atom. The number of rotatable bonds is 3. The molecule has 2 rings (SSSR count). The average molecular weight is 281 g/mol. The molecule has 0 radical (unpaired) electrons. The summed E-state index contributed by atoms with van der Waals surface area (Å²) in [6, 6.07) is 6.68. The zero-order valence-electron chi connectivity index (χ0n) is 11.0. The molecule has 0 aliphatic carbocycles. The molecule has 1 saturated heterocycles. The zero-order chi connectivity index (χ0) is 14.0. The summed E-state index contributed by atoms with van der Waals surface area (Å²) >= 11 is 5.83. The van der Waals surface area contributed by atoms with Crippen LogP contribution in [0.2, 0.25) is 5.02 Å². The van der Waals surface area contributed by atoms with Gasteiger partial charge in [0.05, 0.1) is 0 Å². The number of amides is 2. The Bertz CT molecular complexity index is 487. The Balaban J connectivity index is 2.02. The van der Waals surface area contributed by atoms with E-state index in [2.05, 4.69) is 5.32 Å². The molecule has 2 atom stereocenters. The van der Waals surface area contributed by atoms with Crippen LogP contribution in [0.15, 0.2) is 24.3 Å². The topological polar surface area (TPSA) is 49.4 Å². The van der Waals surface area contributed by atoms with Crippen LogP contribution in [-0.4, -0.2) is 35.3 Å². The number of carbonyl (C=O) groups excluding carboxylic acids is 2. The largest absolute Gasteiger partial charge is 0.343 e. The van der Waals surface area contributed by atoms with Gasteiger partial charge in [-0.15, -0.1) is 0 Å². The maximum atomic E-state index is 12.0. The quantitative estimate of drug-likeness (QED) is 0.915. The Labute approximate surface area is 117 Å². The van der Waals surface area contributed by atoms with Gasteiger partial charge < -0.3 is 10.2 Å². The van der Waals surface area contributed by atoms with E-state index < -0.39 is 12.1 Å². The van der Waals surface area contributed by atoms with Crippen molar-refractivity contribution in [3.8, 4) is 0 Å². The molecule has 1 aliphatic heterocycles. The molecule has 2 amide bonds. The summed E-state index contributed by atoms with van der Waals surface area (Å²) < 4.78 is 0. The van der Waals surface area contributed by atoms with Crippen molar-refractivity contribution in [1.82, 2.24) is 10.2 Å². The molecule has 0 aromatic heterocycles.